The fourth-order valence-corrected chi connectivity index (χ4v) is 2.50. The normalized spacial score (nSPS) is 12.9. The van der Waals surface area contributed by atoms with E-state index in [1.54, 1.807) is 0 Å². The third kappa shape index (κ3) is 1.89. The summed E-state index contributed by atoms with van der Waals surface area (Å²) >= 11 is 0. The maximum absolute atomic E-state index is 11.5. The lowest BCUT2D eigenvalue weighted by Gasteiger charge is -2.13. The van der Waals surface area contributed by atoms with Crippen molar-refractivity contribution in [1.29, 1.82) is 0 Å². The van der Waals surface area contributed by atoms with Crippen LogP contribution in [0, 0.1) is 0 Å². The van der Waals surface area contributed by atoms with E-state index < -0.39 is 6.03 Å². The van der Waals surface area contributed by atoms with E-state index in [9.17, 15) is 4.79 Å². The summed E-state index contributed by atoms with van der Waals surface area (Å²) in [5.41, 5.74) is 9.34. The number of anilines is 2. The third-order valence-electron chi connectivity index (χ3n) is 3.50. The van der Waals surface area contributed by atoms with Crippen molar-refractivity contribution in [2.24, 2.45) is 5.73 Å². The average Bonchev–Trinajstić information content (AvgIpc) is 2.99. The molecule has 0 fully saturated rings. The van der Waals surface area contributed by atoms with Crippen molar-refractivity contribution in [3.8, 4) is 11.3 Å². The molecule has 0 spiro atoms. The van der Waals surface area contributed by atoms with E-state index in [-0.39, 0.29) is 0 Å². The minimum atomic E-state index is -0.564. The SMILES string of the molecule is CN(C)c1cccc(-c2nn(C(N)=O)c3c2CCN3)c1. The zero-order valence-corrected chi connectivity index (χ0v) is 11.6. The van der Waals surface area contributed by atoms with E-state index in [1.165, 1.54) is 4.68 Å². The van der Waals surface area contributed by atoms with Crippen LogP contribution in [0.1, 0.15) is 5.56 Å². The Morgan fingerprint density at radius 3 is 2.95 bits per heavy atom. The first-order valence-electron chi connectivity index (χ1n) is 6.51. The second-order valence-electron chi connectivity index (χ2n) is 5.05. The molecular formula is C14H17N5O. The van der Waals surface area contributed by atoms with Crippen LogP contribution in [-0.2, 0) is 6.42 Å². The summed E-state index contributed by atoms with van der Waals surface area (Å²) in [5, 5.41) is 7.53. The van der Waals surface area contributed by atoms with Gasteiger partial charge in [-0.05, 0) is 18.6 Å². The highest BCUT2D eigenvalue weighted by Crippen LogP contribution is 2.33. The number of carbonyl (C=O) groups is 1. The predicted octanol–water partition coefficient (Wildman–Crippen LogP) is 1.51. The lowest BCUT2D eigenvalue weighted by atomic mass is 10.1. The fraction of sp³-hybridized carbons (Fsp3) is 0.286. The number of rotatable bonds is 2. The molecule has 2 aromatic rings. The molecule has 104 valence electrons. The van der Waals surface area contributed by atoms with Crippen LogP contribution in [-0.4, -0.2) is 36.5 Å². The molecule has 6 heteroatoms. The summed E-state index contributed by atoms with van der Waals surface area (Å²) in [6, 6.07) is 7.52. The number of hydrogen-bond acceptors (Lipinski definition) is 4. The molecule has 0 saturated heterocycles. The number of primary amides is 1. The van der Waals surface area contributed by atoms with Crippen LogP contribution in [0.2, 0.25) is 0 Å². The maximum Gasteiger partial charge on any atom is 0.341 e. The molecule has 0 aliphatic carbocycles. The molecule has 3 N–H and O–H groups in total. The van der Waals surface area contributed by atoms with Gasteiger partial charge in [-0.2, -0.15) is 9.78 Å². The predicted molar refractivity (Wildman–Crippen MR) is 79.2 cm³/mol. The molecule has 0 radical (unpaired) electrons. The summed E-state index contributed by atoms with van der Waals surface area (Å²) in [4.78, 5) is 13.5. The Bertz CT molecular complexity index is 674. The number of carbonyl (C=O) groups excluding carboxylic acids is 1. The zero-order valence-electron chi connectivity index (χ0n) is 11.6. The van der Waals surface area contributed by atoms with Crippen molar-refractivity contribution in [2.45, 2.75) is 6.42 Å². The van der Waals surface area contributed by atoms with Gasteiger partial charge in [-0.15, -0.1) is 0 Å². The van der Waals surface area contributed by atoms with Crippen LogP contribution in [0.4, 0.5) is 16.3 Å². The lowest BCUT2D eigenvalue weighted by molar-refractivity contribution is 0.248. The Balaban J connectivity index is 2.13. The number of nitrogens with two attached hydrogens (primary N) is 1. The molecule has 0 unspecified atom stereocenters. The van der Waals surface area contributed by atoms with Crippen LogP contribution >= 0.6 is 0 Å². The molecule has 3 rings (SSSR count). The third-order valence-corrected chi connectivity index (χ3v) is 3.50. The number of benzene rings is 1. The molecule has 1 aromatic carbocycles. The van der Waals surface area contributed by atoms with E-state index in [1.807, 2.05) is 37.2 Å². The quantitative estimate of drug-likeness (QED) is 0.868. The smallest absolute Gasteiger partial charge is 0.341 e. The minimum absolute atomic E-state index is 0.564. The van der Waals surface area contributed by atoms with E-state index in [0.29, 0.717) is 0 Å². The van der Waals surface area contributed by atoms with Crippen molar-refractivity contribution >= 4 is 17.5 Å². The number of nitrogens with one attached hydrogen (secondary N) is 1. The van der Waals surface area contributed by atoms with Gasteiger partial charge in [0.2, 0.25) is 0 Å². The van der Waals surface area contributed by atoms with Gasteiger partial charge in [0.25, 0.3) is 0 Å². The number of fused-ring (bicyclic) bond motifs is 1. The van der Waals surface area contributed by atoms with Crippen LogP contribution in [0.5, 0.6) is 0 Å². The van der Waals surface area contributed by atoms with Gasteiger partial charge in [0, 0.05) is 37.5 Å². The van der Waals surface area contributed by atoms with Gasteiger partial charge in [-0.1, -0.05) is 12.1 Å². The lowest BCUT2D eigenvalue weighted by Crippen LogP contribution is -2.22. The molecule has 1 aliphatic heterocycles. The van der Waals surface area contributed by atoms with Crippen LogP contribution < -0.4 is 16.0 Å². The molecular weight excluding hydrogens is 254 g/mol. The second kappa shape index (κ2) is 4.56. The van der Waals surface area contributed by atoms with Gasteiger partial charge >= 0.3 is 6.03 Å². The van der Waals surface area contributed by atoms with Crippen molar-refractivity contribution in [1.82, 2.24) is 9.78 Å². The van der Waals surface area contributed by atoms with E-state index >= 15 is 0 Å². The Morgan fingerprint density at radius 1 is 1.45 bits per heavy atom. The Hall–Kier alpha value is -2.50. The van der Waals surface area contributed by atoms with Gasteiger partial charge < -0.3 is 16.0 Å². The van der Waals surface area contributed by atoms with Gasteiger partial charge in [-0.25, -0.2) is 4.79 Å². The monoisotopic (exact) mass is 271 g/mol. The summed E-state index contributed by atoms with van der Waals surface area (Å²) in [6.07, 6.45) is 0.851. The standard InChI is InChI=1S/C14H17N5O/c1-18(2)10-5-3-4-9(8-10)12-11-6-7-16-13(11)19(17-12)14(15)20/h3-5,8,16H,6-7H2,1-2H3,(H2,15,20). The molecule has 20 heavy (non-hydrogen) atoms. The van der Waals surface area contributed by atoms with Gasteiger partial charge in [0.05, 0.1) is 5.69 Å². The molecule has 1 aliphatic rings. The first kappa shape index (κ1) is 12.5. The largest absolute Gasteiger partial charge is 0.378 e. The van der Waals surface area contributed by atoms with Gasteiger partial charge in [-0.3, -0.25) is 0 Å². The summed E-state index contributed by atoms with van der Waals surface area (Å²) < 4.78 is 1.25. The molecule has 1 aromatic heterocycles. The molecule has 2 heterocycles. The Kier molecular flexibility index (Phi) is 2.85. The van der Waals surface area contributed by atoms with E-state index in [2.05, 4.69) is 16.5 Å². The number of hydrogen-bond donors (Lipinski definition) is 2. The fourth-order valence-electron chi connectivity index (χ4n) is 2.50. The average molecular weight is 271 g/mol. The molecule has 6 nitrogen and oxygen atoms in total. The zero-order chi connectivity index (χ0) is 14.3. The first-order valence-corrected chi connectivity index (χ1v) is 6.51. The summed E-state index contributed by atoms with van der Waals surface area (Å²) in [6.45, 7) is 0.806. The molecule has 0 saturated carbocycles. The van der Waals surface area contributed by atoms with Crippen molar-refractivity contribution in [3.05, 3.63) is 29.8 Å². The number of amides is 1. The van der Waals surface area contributed by atoms with Gasteiger partial charge in [0.15, 0.2) is 0 Å². The first-order chi connectivity index (χ1) is 9.58. The van der Waals surface area contributed by atoms with E-state index in [0.717, 1.165) is 41.3 Å². The summed E-state index contributed by atoms with van der Waals surface area (Å²) in [5.74, 6) is 0.725. The molecule has 1 amide bonds. The Morgan fingerprint density at radius 2 is 2.25 bits per heavy atom. The highest BCUT2D eigenvalue weighted by molar-refractivity contribution is 5.83. The van der Waals surface area contributed by atoms with Gasteiger partial charge in [0.1, 0.15) is 5.82 Å². The summed E-state index contributed by atoms with van der Waals surface area (Å²) in [7, 11) is 3.99. The van der Waals surface area contributed by atoms with Crippen LogP contribution in [0.3, 0.4) is 0 Å². The second-order valence-corrected chi connectivity index (χ2v) is 5.05. The van der Waals surface area contributed by atoms with Crippen molar-refractivity contribution in [3.63, 3.8) is 0 Å². The maximum atomic E-state index is 11.5. The highest BCUT2D eigenvalue weighted by Gasteiger charge is 2.25. The van der Waals surface area contributed by atoms with Crippen molar-refractivity contribution < 1.29 is 4.79 Å². The highest BCUT2D eigenvalue weighted by atomic mass is 16.2. The molecule has 0 bridgehead atoms. The number of nitrogens with zero attached hydrogens (tertiary/aromatic N) is 3. The molecule has 0 atom stereocenters. The number of aromatic nitrogens is 2. The van der Waals surface area contributed by atoms with Crippen molar-refractivity contribution in [2.75, 3.05) is 30.9 Å². The van der Waals surface area contributed by atoms with Crippen LogP contribution in [0.25, 0.3) is 11.3 Å². The van der Waals surface area contributed by atoms with Crippen LogP contribution in [0.15, 0.2) is 24.3 Å². The van der Waals surface area contributed by atoms with E-state index in [4.69, 9.17) is 5.73 Å². The minimum Gasteiger partial charge on any atom is -0.378 e. The Labute approximate surface area is 117 Å². The topological polar surface area (TPSA) is 76.2 Å².